The number of aromatic nitrogens is 1. The van der Waals surface area contributed by atoms with E-state index in [9.17, 15) is 23.5 Å². The molecule has 0 amide bonds. The van der Waals surface area contributed by atoms with Crippen LogP contribution in [0.3, 0.4) is 0 Å². The molecule has 0 radical (unpaired) electrons. The number of carboxylic acid groups (broad SMARTS) is 1. The minimum atomic E-state index is -1.24. The van der Waals surface area contributed by atoms with Gasteiger partial charge in [0.05, 0.1) is 5.39 Å². The Labute approximate surface area is 125 Å². The molecule has 1 heterocycles. The maximum absolute atomic E-state index is 13.4. The van der Waals surface area contributed by atoms with Crippen LogP contribution in [-0.4, -0.2) is 15.6 Å². The fourth-order valence-corrected chi connectivity index (χ4v) is 3.19. The van der Waals surface area contributed by atoms with Gasteiger partial charge in [-0.25, -0.2) is 13.6 Å². The van der Waals surface area contributed by atoms with Crippen LogP contribution in [0.4, 0.5) is 8.78 Å². The maximum atomic E-state index is 13.4. The Hall–Kier alpha value is -2.24. The number of benzene rings is 1. The van der Waals surface area contributed by atoms with Crippen molar-refractivity contribution < 1.29 is 18.7 Å². The summed E-state index contributed by atoms with van der Waals surface area (Å²) < 4.78 is 28.0. The second-order valence-electron chi connectivity index (χ2n) is 5.66. The third-order valence-corrected chi connectivity index (χ3v) is 4.25. The zero-order chi connectivity index (χ0) is 15.9. The minimum absolute atomic E-state index is 0.00877. The molecule has 1 aliphatic carbocycles. The van der Waals surface area contributed by atoms with Crippen LogP contribution >= 0.6 is 0 Å². The van der Waals surface area contributed by atoms with Crippen LogP contribution in [0.25, 0.3) is 10.8 Å². The average Bonchev–Trinajstić information content (AvgIpc) is 2.50. The Kier molecular flexibility index (Phi) is 3.68. The SMILES string of the molecule is O=C(O)c1cc2cc(F)c(F)cc2c(=O)n1C1CCCCC1. The molecule has 0 unspecified atom stereocenters. The number of fused-ring (bicyclic) bond motifs is 1. The molecule has 0 bridgehead atoms. The highest BCUT2D eigenvalue weighted by molar-refractivity contribution is 5.92. The summed E-state index contributed by atoms with van der Waals surface area (Å²) in [5.41, 5.74) is -0.740. The molecular formula is C16H15F2NO3. The van der Waals surface area contributed by atoms with Gasteiger partial charge in [-0.15, -0.1) is 0 Å². The summed E-state index contributed by atoms with van der Waals surface area (Å²) in [7, 11) is 0. The fourth-order valence-electron chi connectivity index (χ4n) is 3.19. The van der Waals surface area contributed by atoms with Crippen LogP contribution in [0.15, 0.2) is 23.0 Å². The summed E-state index contributed by atoms with van der Waals surface area (Å²) in [5, 5.41) is 9.49. The van der Waals surface area contributed by atoms with Gasteiger partial charge >= 0.3 is 5.97 Å². The van der Waals surface area contributed by atoms with E-state index < -0.39 is 23.2 Å². The van der Waals surface area contributed by atoms with Crippen LogP contribution in [0.2, 0.25) is 0 Å². The molecule has 0 aliphatic heterocycles. The molecule has 1 aromatic carbocycles. The van der Waals surface area contributed by atoms with E-state index in [1.54, 1.807) is 0 Å². The van der Waals surface area contributed by atoms with Crippen LogP contribution in [0.1, 0.15) is 48.6 Å². The molecule has 0 atom stereocenters. The van der Waals surface area contributed by atoms with Crippen LogP contribution in [0, 0.1) is 11.6 Å². The number of carboxylic acids is 1. The number of aromatic carboxylic acids is 1. The van der Waals surface area contributed by atoms with Crippen molar-refractivity contribution in [3.63, 3.8) is 0 Å². The topological polar surface area (TPSA) is 59.3 Å². The van der Waals surface area contributed by atoms with Crippen molar-refractivity contribution in [2.75, 3.05) is 0 Å². The number of nitrogens with zero attached hydrogens (tertiary/aromatic N) is 1. The van der Waals surface area contributed by atoms with E-state index in [4.69, 9.17) is 0 Å². The molecule has 116 valence electrons. The molecule has 1 fully saturated rings. The summed E-state index contributed by atoms with van der Waals surface area (Å²) in [4.78, 5) is 24.1. The van der Waals surface area contributed by atoms with Gasteiger partial charge in [-0.2, -0.15) is 0 Å². The number of hydrogen-bond donors (Lipinski definition) is 1. The highest BCUT2D eigenvalue weighted by atomic mass is 19.2. The Balaban J connectivity index is 2.30. The molecule has 1 saturated carbocycles. The van der Waals surface area contributed by atoms with Crippen molar-refractivity contribution in [2.45, 2.75) is 38.1 Å². The predicted octanol–water partition coefficient (Wildman–Crippen LogP) is 3.48. The molecule has 1 aromatic heterocycles. The first kappa shape index (κ1) is 14.7. The smallest absolute Gasteiger partial charge is 0.352 e. The molecule has 22 heavy (non-hydrogen) atoms. The van der Waals surface area contributed by atoms with E-state index in [1.807, 2.05) is 0 Å². The number of pyridine rings is 1. The van der Waals surface area contributed by atoms with E-state index in [-0.39, 0.29) is 22.5 Å². The zero-order valence-corrected chi connectivity index (χ0v) is 11.8. The molecular weight excluding hydrogens is 292 g/mol. The van der Waals surface area contributed by atoms with Gasteiger partial charge in [0.25, 0.3) is 5.56 Å². The lowest BCUT2D eigenvalue weighted by Gasteiger charge is -2.26. The van der Waals surface area contributed by atoms with Crippen molar-refractivity contribution in [1.82, 2.24) is 4.57 Å². The van der Waals surface area contributed by atoms with Crippen molar-refractivity contribution >= 4 is 16.7 Å². The standard InChI is InChI=1S/C16H15F2NO3/c17-12-6-9-7-14(16(21)22)19(10-4-2-1-3-5-10)15(20)11(9)8-13(12)18/h6-8,10H,1-5H2,(H,21,22). The van der Waals surface area contributed by atoms with Gasteiger partial charge < -0.3 is 5.11 Å². The van der Waals surface area contributed by atoms with E-state index in [2.05, 4.69) is 0 Å². The quantitative estimate of drug-likeness (QED) is 0.924. The Morgan fingerprint density at radius 2 is 1.73 bits per heavy atom. The first-order chi connectivity index (χ1) is 10.5. The number of rotatable bonds is 2. The lowest BCUT2D eigenvalue weighted by atomic mass is 9.94. The molecule has 1 N–H and O–H groups in total. The average molecular weight is 307 g/mol. The van der Waals surface area contributed by atoms with Gasteiger partial charge in [0, 0.05) is 6.04 Å². The fraction of sp³-hybridized carbons (Fsp3) is 0.375. The normalized spacial score (nSPS) is 16.1. The van der Waals surface area contributed by atoms with Gasteiger partial charge in [-0.3, -0.25) is 9.36 Å². The zero-order valence-electron chi connectivity index (χ0n) is 11.8. The van der Waals surface area contributed by atoms with Crippen molar-refractivity contribution in [2.24, 2.45) is 0 Å². The minimum Gasteiger partial charge on any atom is -0.477 e. The molecule has 4 nitrogen and oxygen atoms in total. The van der Waals surface area contributed by atoms with E-state index in [0.717, 1.165) is 44.2 Å². The van der Waals surface area contributed by atoms with Gasteiger partial charge in [0.2, 0.25) is 0 Å². The summed E-state index contributed by atoms with van der Waals surface area (Å²) >= 11 is 0. The van der Waals surface area contributed by atoms with E-state index in [1.165, 1.54) is 10.6 Å². The van der Waals surface area contributed by atoms with Gasteiger partial charge in [-0.05, 0) is 36.4 Å². The summed E-state index contributed by atoms with van der Waals surface area (Å²) in [6.45, 7) is 0. The van der Waals surface area contributed by atoms with Crippen LogP contribution < -0.4 is 5.56 Å². The molecule has 6 heteroatoms. The second kappa shape index (κ2) is 5.51. The summed E-state index contributed by atoms with van der Waals surface area (Å²) in [6, 6.07) is 2.75. The number of carbonyl (C=O) groups is 1. The highest BCUT2D eigenvalue weighted by Gasteiger charge is 2.24. The number of halogens is 2. The monoisotopic (exact) mass is 307 g/mol. The first-order valence-corrected chi connectivity index (χ1v) is 7.26. The van der Waals surface area contributed by atoms with Gasteiger partial charge in [0.1, 0.15) is 5.69 Å². The Bertz CT molecular complexity index is 807. The molecule has 3 rings (SSSR count). The molecule has 0 spiro atoms. The molecule has 1 aliphatic rings. The predicted molar refractivity (Wildman–Crippen MR) is 77.2 cm³/mol. The van der Waals surface area contributed by atoms with Crippen molar-refractivity contribution in [3.05, 3.63) is 45.9 Å². The first-order valence-electron chi connectivity index (χ1n) is 7.26. The molecule has 2 aromatic rings. The summed E-state index contributed by atoms with van der Waals surface area (Å²) in [5.74, 6) is -3.45. The lowest BCUT2D eigenvalue weighted by Crippen LogP contribution is -2.31. The second-order valence-corrected chi connectivity index (χ2v) is 5.66. The van der Waals surface area contributed by atoms with Crippen molar-refractivity contribution in [3.8, 4) is 0 Å². The Morgan fingerprint density at radius 1 is 1.09 bits per heavy atom. The van der Waals surface area contributed by atoms with Crippen LogP contribution in [-0.2, 0) is 0 Å². The van der Waals surface area contributed by atoms with Crippen molar-refractivity contribution in [1.29, 1.82) is 0 Å². The highest BCUT2D eigenvalue weighted by Crippen LogP contribution is 2.29. The maximum Gasteiger partial charge on any atom is 0.352 e. The third-order valence-electron chi connectivity index (χ3n) is 4.25. The molecule has 0 saturated heterocycles. The lowest BCUT2D eigenvalue weighted by molar-refractivity contribution is 0.0679. The number of hydrogen-bond acceptors (Lipinski definition) is 2. The van der Waals surface area contributed by atoms with E-state index in [0.29, 0.717) is 0 Å². The van der Waals surface area contributed by atoms with Gasteiger partial charge in [0.15, 0.2) is 11.6 Å². The summed E-state index contributed by atoms with van der Waals surface area (Å²) in [6.07, 6.45) is 4.34. The third kappa shape index (κ3) is 2.38. The van der Waals surface area contributed by atoms with Crippen LogP contribution in [0.5, 0.6) is 0 Å². The Morgan fingerprint density at radius 3 is 2.36 bits per heavy atom. The van der Waals surface area contributed by atoms with Gasteiger partial charge in [-0.1, -0.05) is 19.3 Å². The van der Waals surface area contributed by atoms with E-state index >= 15 is 0 Å². The largest absolute Gasteiger partial charge is 0.477 e.